The molecule has 5 heterocycles. The molecular formula is C39H37ClN6O4. The van der Waals surface area contributed by atoms with Crippen LogP contribution in [0.15, 0.2) is 83.3 Å². The van der Waals surface area contributed by atoms with Gasteiger partial charge in [-0.3, -0.25) is 23.7 Å². The zero-order valence-corrected chi connectivity index (χ0v) is 28.7. The molecule has 2 aliphatic heterocycles. The number of pyridine rings is 1. The zero-order valence-electron chi connectivity index (χ0n) is 28.0. The van der Waals surface area contributed by atoms with E-state index in [2.05, 4.69) is 33.7 Å². The van der Waals surface area contributed by atoms with Crippen molar-refractivity contribution in [3.63, 3.8) is 0 Å². The van der Waals surface area contributed by atoms with Crippen LogP contribution in [0.5, 0.6) is 0 Å². The Morgan fingerprint density at radius 1 is 0.920 bits per heavy atom. The van der Waals surface area contributed by atoms with E-state index in [4.69, 9.17) is 16.3 Å². The second-order valence-corrected chi connectivity index (χ2v) is 13.8. The largest absolute Gasteiger partial charge is 0.379 e. The Morgan fingerprint density at radius 2 is 1.72 bits per heavy atom. The van der Waals surface area contributed by atoms with Crippen molar-refractivity contribution in [1.82, 2.24) is 24.1 Å². The zero-order chi connectivity index (χ0) is 34.5. The Bertz CT molecular complexity index is 2370. The molecule has 2 N–H and O–H groups in total. The van der Waals surface area contributed by atoms with E-state index in [1.165, 1.54) is 0 Å². The number of anilines is 1. The normalized spacial score (nSPS) is 14.9. The molecule has 2 amide bonds. The first-order valence-electron chi connectivity index (χ1n) is 16.8. The van der Waals surface area contributed by atoms with Crippen LogP contribution in [-0.2, 0) is 35.6 Å². The molecule has 0 bridgehead atoms. The maximum atomic E-state index is 14.6. The molecule has 6 aromatic rings. The molecular weight excluding hydrogens is 652 g/mol. The molecule has 0 unspecified atom stereocenters. The van der Waals surface area contributed by atoms with E-state index in [0.717, 1.165) is 51.8 Å². The molecule has 2 aliphatic rings. The lowest BCUT2D eigenvalue weighted by molar-refractivity contribution is -0.112. The molecule has 1 saturated heterocycles. The molecule has 0 saturated carbocycles. The summed E-state index contributed by atoms with van der Waals surface area (Å²) in [6.07, 6.45) is 4.18. The van der Waals surface area contributed by atoms with Crippen molar-refractivity contribution in [2.75, 3.05) is 45.7 Å². The Kier molecular flexibility index (Phi) is 8.40. The Labute approximate surface area is 293 Å². The lowest BCUT2D eigenvalue weighted by Gasteiger charge is -2.26. The highest BCUT2D eigenvalue weighted by Crippen LogP contribution is 2.33. The minimum absolute atomic E-state index is 0.110. The van der Waals surface area contributed by atoms with Crippen molar-refractivity contribution in [2.45, 2.75) is 26.1 Å². The van der Waals surface area contributed by atoms with Crippen LogP contribution in [0.2, 0.25) is 5.02 Å². The number of carbonyl (C=O) groups is 2. The number of halogens is 1. The summed E-state index contributed by atoms with van der Waals surface area (Å²) in [4.78, 5) is 47.4. The fourth-order valence-corrected chi connectivity index (χ4v) is 7.42. The van der Waals surface area contributed by atoms with Crippen LogP contribution in [0, 0.1) is 0 Å². The van der Waals surface area contributed by atoms with Crippen LogP contribution < -0.4 is 16.1 Å². The van der Waals surface area contributed by atoms with Gasteiger partial charge in [-0.25, -0.2) is 0 Å². The average molecular weight is 689 g/mol. The molecule has 0 spiro atoms. The molecule has 50 heavy (non-hydrogen) atoms. The van der Waals surface area contributed by atoms with Gasteiger partial charge < -0.3 is 24.8 Å². The highest BCUT2D eigenvalue weighted by molar-refractivity contribution is 6.30. The number of ether oxygens (including phenoxy) is 1. The molecule has 11 heteroatoms. The molecule has 3 aromatic carbocycles. The van der Waals surface area contributed by atoms with E-state index in [9.17, 15) is 14.4 Å². The summed E-state index contributed by atoms with van der Waals surface area (Å²) in [7, 11) is 3.93. The monoisotopic (exact) mass is 688 g/mol. The maximum Gasteiger partial charge on any atom is 0.259 e. The first kappa shape index (κ1) is 32.2. The van der Waals surface area contributed by atoms with Crippen molar-refractivity contribution < 1.29 is 14.3 Å². The summed E-state index contributed by atoms with van der Waals surface area (Å²) in [5, 5.41) is 9.02. The smallest absolute Gasteiger partial charge is 0.259 e. The van der Waals surface area contributed by atoms with Crippen molar-refractivity contribution >= 4 is 62.6 Å². The first-order valence-corrected chi connectivity index (χ1v) is 17.2. The van der Waals surface area contributed by atoms with E-state index >= 15 is 0 Å². The van der Waals surface area contributed by atoms with Crippen LogP contribution in [0.25, 0.3) is 33.4 Å². The first-order chi connectivity index (χ1) is 24.2. The average Bonchev–Trinajstić information content (AvgIpc) is 3.69. The summed E-state index contributed by atoms with van der Waals surface area (Å²) in [5.41, 5.74) is 5.41. The number of hydrogen-bond acceptors (Lipinski definition) is 6. The van der Waals surface area contributed by atoms with E-state index in [-0.39, 0.29) is 23.8 Å². The van der Waals surface area contributed by atoms with Crippen LogP contribution in [0.4, 0.5) is 5.82 Å². The van der Waals surface area contributed by atoms with Crippen LogP contribution in [-0.4, -0.2) is 71.0 Å². The number of nitrogens with zero attached hydrogens (tertiary/aromatic N) is 4. The number of carbonyl (C=O) groups excluding carboxylic acids is 2. The van der Waals surface area contributed by atoms with Gasteiger partial charge in [0.15, 0.2) is 0 Å². The van der Waals surface area contributed by atoms with Crippen LogP contribution >= 0.6 is 11.6 Å². The number of para-hydroxylation sites is 1. The van der Waals surface area contributed by atoms with Gasteiger partial charge in [0.05, 0.1) is 24.2 Å². The Balaban J connectivity index is 1.26. The van der Waals surface area contributed by atoms with E-state index in [0.29, 0.717) is 54.2 Å². The highest BCUT2D eigenvalue weighted by atomic mass is 35.5. The number of rotatable bonds is 9. The molecule has 0 atom stereocenters. The van der Waals surface area contributed by atoms with Crippen molar-refractivity contribution in [1.29, 1.82) is 0 Å². The highest BCUT2D eigenvalue weighted by Gasteiger charge is 2.28. The fraction of sp³-hybridized carbons (Fsp3) is 0.256. The predicted molar refractivity (Wildman–Crippen MR) is 197 cm³/mol. The summed E-state index contributed by atoms with van der Waals surface area (Å²) in [6, 6.07) is 21.3. The van der Waals surface area contributed by atoms with Crippen LogP contribution in [0.3, 0.4) is 0 Å². The summed E-state index contributed by atoms with van der Waals surface area (Å²) < 4.78 is 9.40. The molecule has 3 aromatic heterocycles. The quantitative estimate of drug-likeness (QED) is 0.212. The van der Waals surface area contributed by atoms with E-state index in [1.807, 2.05) is 76.8 Å². The number of morpholine rings is 1. The number of amides is 2. The van der Waals surface area contributed by atoms with Gasteiger partial charge in [-0.1, -0.05) is 41.9 Å². The topological polar surface area (TPSA) is 100 Å². The van der Waals surface area contributed by atoms with Gasteiger partial charge in [0.1, 0.15) is 11.4 Å². The summed E-state index contributed by atoms with van der Waals surface area (Å²) in [5.74, 6) is -0.791. The summed E-state index contributed by atoms with van der Waals surface area (Å²) in [6.45, 7) is 4.28. The molecule has 0 aliphatic carbocycles. The van der Waals surface area contributed by atoms with E-state index < -0.39 is 11.3 Å². The SMILES string of the molecule is CN(C)Cc1cc2cc(CN3CCOCC3)cc3c(=O)c(C(=O)NCc4ccc(Cl)cc4)c(NC(=O)C4=Cn5ccc6cccc(c65)C4)n1c23. The van der Waals surface area contributed by atoms with Crippen LogP contribution in [0.1, 0.15) is 32.7 Å². The fourth-order valence-electron chi connectivity index (χ4n) is 7.29. The van der Waals surface area contributed by atoms with Gasteiger partial charge in [0.25, 0.3) is 11.8 Å². The number of hydrogen-bond donors (Lipinski definition) is 2. The Morgan fingerprint density at radius 3 is 2.50 bits per heavy atom. The molecule has 8 rings (SSSR count). The lowest BCUT2D eigenvalue weighted by atomic mass is 10.00. The third-order valence-electron chi connectivity index (χ3n) is 9.57. The van der Waals surface area contributed by atoms with Crippen molar-refractivity contribution in [2.24, 2.45) is 0 Å². The van der Waals surface area contributed by atoms with Crippen molar-refractivity contribution in [3.05, 3.63) is 122 Å². The number of nitrogens with one attached hydrogen (secondary N) is 2. The molecule has 0 radical (unpaired) electrons. The molecule has 254 valence electrons. The van der Waals surface area contributed by atoms with Gasteiger partial charge in [0.2, 0.25) is 5.43 Å². The maximum absolute atomic E-state index is 14.6. The second-order valence-electron chi connectivity index (χ2n) is 13.4. The third kappa shape index (κ3) is 5.94. The minimum atomic E-state index is -0.572. The minimum Gasteiger partial charge on any atom is -0.379 e. The number of benzene rings is 3. The standard InChI is InChI=1S/C39H37ClN6O4/c1-43(2)23-31-19-28-16-25(21-44-12-14-50-15-13-44)17-32-35(28)46(31)37(33(36(32)47)39(49)41-20-24-6-8-30(40)9-7-24)42-38(48)29-18-27-5-3-4-26-10-11-45(22-29)34(26)27/h3-11,16-17,19,22H,12-15,18,20-21,23H2,1-2H3,(H,41,49)(H,42,48). The van der Waals surface area contributed by atoms with Gasteiger partial charge in [-0.05, 0) is 67.2 Å². The summed E-state index contributed by atoms with van der Waals surface area (Å²) >= 11 is 6.09. The predicted octanol–water partition coefficient (Wildman–Crippen LogP) is 5.36. The van der Waals surface area contributed by atoms with Gasteiger partial charge in [0, 0.05) is 84.0 Å². The third-order valence-corrected chi connectivity index (χ3v) is 9.82. The van der Waals surface area contributed by atoms with E-state index in [1.54, 1.807) is 12.1 Å². The van der Waals surface area contributed by atoms with Crippen molar-refractivity contribution in [3.8, 4) is 0 Å². The lowest BCUT2D eigenvalue weighted by Crippen LogP contribution is -2.35. The Hall–Kier alpha value is -5.00. The second kappa shape index (κ2) is 13.0. The van der Waals surface area contributed by atoms with Gasteiger partial charge in [-0.15, -0.1) is 0 Å². The molecule has 1 fully saturated rings. The molecule has 10 nitrogen and oxygen atoms in total. The van der Waals surface area contributed by atoms with Gasteiger partial charge in [-0.2, -0.15) is 0 Å². The number of aromatic nitrogens is 2. The van der Waals surface area contributed by atoms with Gasteiger partial charge >= 0.3 is 0 Å².